The summed E-state index contributed by atoms with van der Waals surface area (Å²) in [5, 5.41) is 3.62. The van der Waals surface area contributed by atoms with Gasteiger partial charge in [0, 0.05) is 12.1 Å². The molecule has 2 aliphatic carbocycles. The number of methoxy groups -OCH3 is 1. The first kappa shape index (κ1) is 14.6. The molecular weight excluding hydrogens is 266 g/mol. The van der Waals surface area contributed by atoms with E-state index in [1.165, 1.54) is 38.7 Å². The highest BCUT2D eigenvalue weighted by Gasteiger charge is 2.60. The summed E-state index contributed by atoms with van der Waals surface area (Å²) >= 11 is 0. The largest absolute Gasteiger partial charge is 0.490 e. The van der Waals surface area contributed by atoms with Crippen LogP contribution in [0.5, 0.6) is 5.75 Å². The lowest BCUT2D eigenvalue weighted by Crippen LogP contribution is -2.44. The van der Waals surface area contributed by atoms with E-state index in [0.717, 1.165) is 5.92 Å². The van der Waals surface area contributed by atoms with Gasteiger partial charge in [0.25, 0.3) is 0 Å². The average Bonchev–Trinajstić information content (AvgIpc) is 2.78. The zero-order valence-corrected chi connectivity index (χ0v) is 13.4. The van der Waals surface area contributed by atoms with E-state index in [4.69, 9.17) is 9.15 Å². The van der Waals surface area contributed by atoms with Crippen LogP contribution in [-0.4, -0.2) is 13.2 Å². The number of hydrogen-bond donors (Lipinski definition) is 1. The van der Waals surface area contributed by atoms with Crippen LogP contribution in [0, 0.1) is 16.7 Å². The van der Waals surface area contributed by atoms with Crippen LogP contribution < -0.4 is 15.5 Å². The molecule has 1 aromatic rings. The Morgan fingerprint density at radius 2 is 2.19 bits per heavy atom. The van der Waals surface area contributed by atoms with E-state index >= 15 is 0 Å². The Bertz CT molecular complexity index is 592. The molecule has 0 aliphatic heterocycles. The van der Waals surface area contributed by atoms with Crippen molar-refractivity contribution in [3.63, 3.8) is 0 Å². The first-order chi connectivity index (χ1) is 9.88. The normalized spacial score (nSPS) is 33.3. The minimum Gasteiger partial charge on any atom is -0.490 e. The Hall–Kier alpha value is -1.29. The maximum absolute atomic E-state index is 11.7. The van der Waals surface area contributed by atoms with Crippen molar-refractivity contribution in [3.8, 4) is 5.75 Å². The maximum atomic E-state index is 11.7. The highest BCUT2D eigenvalue weighted by atomic mass is 16.5. The number of rotatable bonds is 4. The lowest BCUT2D eigenvalue weighted by atomic mass is 9.69. The second kappa shape index (κ2) is 4.87. The van der Waals surface area contributed by atoms with Crippen molar-refractivity contribution in [3.05, 3.63) is 28.3 Å². The van der Waals surface area contributed by atoms with Gasteiger partial charge in [0.15, 0.2) is 0 Å². The van der Waals surface area contributed by atoms with Crippen molar-refractivity contribution >= 4 is 0 Å². The average molecular weight is 291 g/mol. The Labute approximate surface area is 125 Å². The molecule has 21 heavy (non-hydrogen) atoms. The smallest absolute Gasteiger partial charge is 0.227 e. The van der Waals surface area contributed by atoms with Crippen molar-refractivity contribution in [2.45, 2.75) is 52.6 Å². The standard InChI is InChI=1S/C17H25NO3/c1-16(2)11-5-6-17(16,3)15(7-11)18-9-12-8-13(19)14(20-4)10-21-12/h8,10-11,15,18H,5-7,9H2,1-4H3. The third-order valence-corrected chi connectivity index (χ3v) is 6.39. The zero-order valence-electron chi connectivity index (χ0n) is 13.4. The second-order valence-corrected chi connectivity index (χ2v) is 7.32. The fourth-order valence-corrected chi connectivity index (χ4v) is 4.42. The van der Waals surface area contributed by atoms with Gasteiger partial charge in [-0.3, -0.25) is 4.79 Å². The molecule has 0 amide bonds. The topological polar surface area (TPSA) is 51.5 Å². The molecule has 2 fully saturated rings. The fraction of sp³-hybridized carbons (Fsp3) is 0.706. The predicted octanol–water partition coefficient (Wildman–Crippen LogP) is 2.95. The van der Waals surface area contributed by atoms with Gasteiger partial charge in [0.1, 0.15) is 12.0 Å². The lowest BCUT2D eigenvalue weighted by Gasteiger charge is -2.39. The van der Waals surface area contributed by atoms with Crippen molar-refractivity contribution in [1.29, 1.82) is 0 Å². The molecule has 2 saturated carbocycles. The van der Waals surface area contributed by atoms with Gasteiger partial charge >= 0.3 is 0 Å². The van der Waals surface area contributed by atoms with Crippen LogP contribution in [0.4, 0.5) is 0 Å². The molecule has 0 radical (unpaired) electrons. The highest BCUT2D eigenvalue weighted by molar-refractivity contribution is 5.18. The van der Waals surface area contributed by atoms with Crippen LogP contribution >= 0.6 is 0 Å². The molecule has 3 atom stereocenters. The Kier molecular flexibility index (Phi) is 3.40. The molecule has 3 unspecified atom stereocenters. The number of fused-ring (bicyclic) bond motifs is 2. The van der Waals surface area contributed by atoms with Gasteiger partial charge in [-0.15, -0.1) is 0 Å². The molecule has 1 heterocycles. The summed E-state index contributed by atoms with van der Waals surface area (Å²) in [6.07, 6.45) is 5.25. The molecule has 2 bridgehead atoms. The van der Waals surface area contributed by atoms with Crippen LogP contribution in [0.1, 0.15) is 45.8 Å². The molecule has 1 N–H and O–H groups in total. The zero-order chi connectivity index (χ0) is 15.3. The Morgan fingerprint density at radius 1 is 1.43 bits per heavy atom. The molecule has 0 aromatic carbocycles. The molecule has 3 rings (SSSR count). The van der Waals surface area contributed by atoms with E-state index in [2.05, 4.69) is 26.1 Å². The number of nitrogens with one attached hydrogen (secondary N) is 1. The molecular formula is C17H25NO3. The van der Waals surface area contributed by atoms with Crippen molar-refractivity contribution in [1.82, 2.24) is 5.32 Å². The first-order valence-corrected chi connectivity index (χ1v) is 7.77. The highest BCUT2D eigenvalue weighted by Crippen LogP contribution is 2.65. The Morgan fingerprint density at radius 3 is 2.71 bits per heavy atom. The summed E-state index contributed by atoms with van der Waals surface area (Å²) in [5.41, 5.74) is 0.607. The van der Waals surface area contributed by atoms with E-state index in [0.29, 0.717) is 29.2 Å². The van der Waals surface area contributed by atoms with Crippen molar-refractivity contribution < 1.29 is 9.15 Å². The van der Waals surface area contributed by atoms with E-state index < -0.39 is 0 Å². The van der Waals surface area contributed by atoms with Crippen molar-refractivity contribution in [2.75, 3.05) is 7.11 Å². The summed E-state index contributed by atoms with van der Waals surface area (Å²) in [6.45, 7) is 7.81. The predicted molar refractivity (Wildman–Crippen MR) is 81.4 cm³/mol. The lowest BCUT2D eigenvalue weighted by molar-refractivity contribution is 0.119. The van der Waals surface area contributed by atoms with E-state index in [-0.39, 0.29) is 11.2 Å². The van der Waals surface area contributed by atoms with Crippen LogP contribution in [0.3, 0.4) is 0 Å². The summed E-state index contributed by atoms with van der Waals surface area (Å²) in [6, 6.07) is 2.02. The van der Waals surface area contributed by atoms with Gasteiger partial charge in [-0.25, -0.2) is 0 Å². The monoisotopic (exact) mass is 291 g/mol. The van der Waals surface area contributed by atoms with Gasteiger partial charge in [0.05, 0.1) is 13.7 Å². The quantitative estimate of drug-likeness (QED) is 0.926. The molecule has 1 aromatic heterocycles. The van der Waals surface area contributed by atoms with Crippen LogP contribution in [0.15, 0.2) is 21.5 Å². The van der Waals surface area contributed by atoms with E-state index in [9.17, 15) is 4.79 Å². The summed E-state index contributed by atoms with van der Waals surface area (Å²) in [7, 11) is 1.47. The van der Waals surface area contributed by atoms with Crippen LogP contribution in [-0.2, 0) is 6.54 Å². The molecule has 0 saturated heterocycles. The molecule has 4 heteroatoms. The van der Waals surface area contributed by atoms with Gasteiger partial charge in [-0.05, 0) is 36.0 Å². The minimum atomic E-state index is -0.125. The summed E-state index contributed by atoms with van der Waals surface area (Å²) in [4.78, 5) is 11.7. The van der Waals surface area contributed by atoms with Gasteiger partial charge < -0.3 is 14.5 Å². The van der Waals surface area contributed by atoms with Gasteiger partial charge in [-0.1, -0.05) is 20.8 Å². The summed E-state index contributed by atoms with van der Waals surface area (Å²) in [5.74, 6) is 1.74. The van der Waals surface area contributed by atoms with Crippen LogP contribution in [0.2, 0.25) is 0 Å². The molecule has 2 aliphatic rings. The molecule has 4 nitrogen and oxygen atoms in total. The first-order valence-electron chi connectivity index (χ1n) is 7.77. The fourth-order valence-electron chi connectivity index (χ4n) is 4.42. The molecule has 116 valence electrons. The van der Waals surface area contributed by atoms with E-state index in [1.54, 1.807) is 0 Å². The third-order valence-electron chi connectivity index (χ3n) is 6.39. The summed E-state index contributed by atoms with van der Waals surface area (Å²) < 4.78 is 10.4. The molecule has 0 spiro atoms. The number of ether oxygens (including phenoxy) is 1. The van der Waals surface area contributed by atoms with Gasteiger partial charge in [-0.2, -0.15) is 0 Å². The SMILES string of the molecule is COc1coc(CNC2CC3CCC2(C)C3(C)C)cc1=O. The van der Waals surface area contributed by atoms with E-state index in [1.807, 2.05) is 0 Å². The maximum Gasteiger partial charge on any atom is 0.227 e. The minimum absolute atomic E-state index is 0.125. The second-order valence-electron chi connectivity index (χ2n) is 7.32. The third kappa shape index (κ3) is 2.11. The van der Waals surface area contributed by atoms with Gasteiger partial charge in [0.2, 0.25) is 11.2 Å². The van der Waals surface area contributed by atoms with Crippen LogP contribution in [0.25, 0.3) is 0 Å². The number of hydrogen-bond acceptors (Lipinski definition) is 4. The Balaban J connectivity index is 1.69. The van der Waals surface area contributed by atoms with Crippen molar-refractivity contribution in [2.24, 2.45) is 16.7 Å².